The van der Waals surface area contributed by atoms with Crippen LogP contribution < -0.4 is 28.4 Å². The lowest BCUT2D eigenvalue weighted by molar-refractivity contribution is 0.0720. The van der Waals surface area contributed by atoms with E-state index in [1.54, 1.807) is 111 Å². The average Bonchev–Trinajstić information content (AvgIpc) is 3.59. The Morgan fingerprint density at radius 2 is 0.588 bits per heavy atom. The number of hydrogen-bond donors (Lipinski definition) is 0. The molecule has 12 rings (SSSR count). The highest BCUT2D eigenvalue weighted by atomic mass is 16.5. The second kappa shape index (κ2) is 21.7. The molecule has 0 heterocycles. The average molecular weight is 1050 g/mol. The Morgan fingerprint density at radius 1 is 0.287 bits per heavy atom. The van der Waals surface area contributed by atoms with E-state index >= 15 is 9.59 Å². The quantitative estimate of drug-likeness (QED) is 0.0626. The van der Waals surface area contributed by atoms with Crippen molar-refractivity contribution in [3.05, 3.63) is 265 Å². The highest BCUT2D eigenvalue weighted by molar-refractivity contribution is 6.22. The molecule has 0 amide bonds. The van der Waals surface area contributed by atoms with E-state index in [4.69, 9.17) is 28.4 Å². The SMILES string of the molecule is COc1ccc(C(=O)Oc2ccc(C(=O)Oc3c(-c4c(-c5ccccc5)cc5ccc6ccccc6c5c4OC(=O)c4ccc(OC(=O)c5ccc(OC)cc5)cc4)c(-c4ccccc4)cc4ccc5ccccc5c34)cc2)cc1. The maximum absolute atomic E-state index is 15.2. The fraction of sp³-hybridized carbons (Fsp3) is 0.0286. The van der Waals surface area contributed by atoms with E-state index in [0.717, 1.165) is 43.4 Å². The largest absolute Gasteiger partial charge is 0.497 e. The molecule has 0 N–H and O–H groups in total. The zero-order valence-electron chi connectivity index (χ0n) is 43.2. The first-order valence-corrected chi connectivity index (χ1v) is 25.7. The molecule has 0 spiro atoms. The standard InChI is InChI=1S/C70H46O10/c1-75-53-33-25-47(26-34-53)67(71)77-55-37-29-49(30-38-55)69(73)79-65-61-51(23-21-45-17-9-11-19-57(45)61)41-59(43-13-5-3-6-14-43)63(65)64-60(44-15-7-4-8-16-44)42-52-24-22-46-18-10-12-20-58(46)62(52)66(64)80-70(74)50-31-39-56(40-32-50)78-68(72)48-27-35-54(76-2)36-28-48/h3-42H,1-2H3. The molecule has 0 saturated heterocycles. The van der Waals surface area contributed by atoms with E-state index in [9.17, 15) is 9.59 Å². The molecule has 0 saturated carbocycles. The van der Waals surface area contributed by atoms with Crippen LogP contribution in [0.15, 0.2) is 243 Å². The van der Waals surface area contributed by atoms with Gasteiger partial charge in [0.2, 0.25) is 0 Å². The summed E-state index contributed by atoms with van der Waals surface area (Å²) in [6.07, 6.45) is 0. The number of benzene rings is 12. The maximum atomic E-state index is 15.2. The number of ether oxygens (including phenoxy) is 6. The van der Waals surface area contributed by atoms with E-state index in [1.807, 2.05) is 133 Å². The summed E-state index contributed by atoms with van der Waals surface area (Å²) in [7, 11) is 3.09. The summed E-state index contributed by atoms with van der Waals surface area (Å²) in [4.78, 5) is 56.7. The molecule has 0 atom stereocenters. The highest BCUT2D eigenvalue weighted by Gasteiger charge is 2.31. The Hall–Kier alpha value is -10.8. The number of methoxy groups -OCH3 is 2. The maximum Gasteiger partial charge on any atom is 0.343 e. The summed E-state index contributed by atoms with van der Waals surface area (Å²) in [5, 5.41) is 6.28. The third-order valence-corrected chi connectivity index (χ3v) is 14.0. The smallest absolute Gasteiger partial charge is 0.343 e. The van der Waals surface area contributed by atoms with Gasteiger partial charge in [0.05, 0.1) is 36.5 Å². The summed E-state index contributed by atoms with van der Waals surface area (Å²) in [6.45, 7) is 0. The molecule has 0 bridgehead atoms. The van der Waals surface area contributed by atoms with Crippen LogP contribution in [0.25, 0.3) is 76.5 Å². The summed E-state index contributed by atoms with van der Waals surface area (Å²) < 4.78 is 35.8. The van der Waals surface area contributed by atoms with Gasteiger partial charge in [0.1, 0.15) is 34.5 Å². The zero-order valence-corrected chi connectivity index (χ0v) is 43.2. The summed E-state index contributed by atoms with van der Waals surface area (Å²) in [6, 6.07) is 73.3. The number of esters is 4. The van der Waals surface area contributed by atoms with Crippen molar-refractivity contribution < 1.29 is 47.6 Å². The minimum absolute atomic E-state index is 0.177. The summed E-state index contributed by atoms with van der Waals surface area (Å²) in [5.41, 5.74) is 4.94. The lowest BCUT2D eigenvalue weighted by atomic mass is 9.83. The van der Waals surface area contributed by atoms with E-state index in [2.05, 4.69) is 12.1 Å². The normalized spacial score (nSPS) is 11.1. The minimum Gasteiger partial charge on any atom is -0.497 e. The van der Waals surface area contributed by atoms with Gasteiger partial charge in [-0.05, 0) is 164 Å². The van der Waals surface area contributed by atoms with Gasteiger partial charge in [-0.15, -0.1) is 0 Å². The van der Waals surface area contributed by atoms with E-state index < -0.39 is 23.9 Å². The van der Waals surface area contributed by atoms with E-state index in [1.165, 1.54) is 0 Å². The molecule has 12 aromatic carbocycles. The molecule has 80 heavy (non-hydrogen) atoms. The molecular weight excluding hydrogens is 1000 g/mol. The van der Waals surface area contributed by atoms with Gasteiger partial charge in [-0.2, -0.15) is 0 Å². The van der Waals surface area contributed by atoms with Crippen LogP contribution in [0.4, 0.5) is 0 Å². The molecule has 0 radical (unpaired) electrons. The molecule has 386 valence electrons. The first kappa shape index (κ1) is 50.0. The van der Waals surface area contributed by atoms with Crippen molar-refractivity contribution >= 4 is 67.0 Å². The van der Waals surface area contributed by atoms with Gasteiger partial charge in [-0.25, -0.2) is 19.2 Å². The fourth-order valence-electron chi connectivity index (χ4n) is 10.1. The van der Waals surface area contributed by atoms with Crippen molar-refractivity contribution in [3.63, 3.8) is 0 Å². The van der Waals surface area contributed by atoms with Crippen molar-refractivity contribution in [3.8, 4) is 67.9 Å². The van der Waals surface area contributed by atoms with Crippen LogP contribution >= 0.6 is 0 Å². The van der Waals surface area contributed by atoms with Crippen LogP contribution in [-0.4, -0.2) is 38.1 Å². The third-order valence-electron chi connectivity index (χ3n) is 14.0. The summed E-state index contributed by atoms with van der Waals surface area (Å²) >= 11 is 0. The highest BCUT2D eigenvalue weighted by Crippen LogP contribution is 2.55. The van der Waals surface area contributed by atoms with E-state index in [0.29, 0.717) is 55.7 Å². The predicted molar refractivity (Wildman–Crippen MR) is 311 cm³/mol. The van der Waals surface area contributed by atoms with Gasteiger partial charge in [0.25, 0.3) is 0 Å². The van der Waals surface area contributed by atoms with Crippen LogP contribution in [-0.2, 0) is 0 Å². The Balaban J connectivity index is 1.07. The molecule has 0 fully saturated rings. The first-order chi connectivity index (χ1) is 39.2. The van der Waals surface area contributed by atoms with Gasteiger partial charge >= 0.3 is 23.9 Å². The van der Waals surface area contributed by atoms with Gasteiger partial charge in [-0.3, -0.25) is 0 Å². The first-order valence-electron chi connectivity index (χ1n) is 25.7. The van der Waals surface area contributed by atoms with Crippen molar-refractivity contribution in [1.82, 2.24) is 0 Å². The van der Waals surface area contributed by atoms with Crippen LogP contribution in [0.1, 0.15) is 41.4 Å². The van der Waals surface area contributed by atoms with Crippen LogP contribution in [0.3, 0.4) is 0 Å². The predicted octanol–water partition coefficient (Wildman–Crippen LogP) is 16.2. The minimum atomic E-state index is -0.697. The van der Waals surface area contributed by atoms with Gasteiger partial charge in [-0.1, -0.05) is 133 Å². The number of rotatable bonds is 13. The van der Waals surface area contributed by atoms with Crippen molar-refractivity contribution in [2.75, 3.05) is 14.2 Å². The van der Waals surface area contributed by atoms with E-state index in [-0.39, 0.29) is 34.1 Å². The fourth-order valence-corrected chi connectivity index (χ4v) is 10.1. The summed E-state index contributed by atoms with van der Waals surface area (Å²) in [5.74, 6) is -0.488. The Morgan fingerprint density at radius 3 is 0.938 bits per heavy atom. The van der Waals surface area contributed by atoms with Crippen LogP contribution in [0, 0.1) is 0 Å². The molecule has 12 aromatic rings. The molecule has 10 nitrogen and oxygen atoms in total. The number of carbonyl (C=O) groups is 4. The van der Waals surface area contributed by atoms with Crippen LogP contribution in [0.5, 0.6) is 34.5 Å². The lowest BCUT2D eigenvalue weighted by Crippen LogP contribution is -2.13. The second-order valence-electron chi connectivity index (χ2n) is 18.8. The zero-order chi connectivity index (χ0) is 54.7. The van der Waals surface area contributed by atoms with Crippen molar-refractivity contribution in [2.24, 2.45) is 0 Å². The molecular formula is C70H46O10. The molecule has 0 unspecified atom stereocenters. The Bertz CT molecular complexity index is 4060. The third kappa shape index (κ3) is 9.80. The number of fused-ring (bicyclic) bond motifs is 6. The number of carbonyl (C=O) groups excluding carboxylic acids is 4. The second-order valence-corrected chi connectivity index (χ2v) is 18.8. The number of hydrogen-bond acceptors (Lipinski definition) is 10. The lowest BCUT2D eigenvalue weighted by Gasteiger charge is -2.25. The van der Waals surface area contributed by atoms with Crippen molar-refractivity contribution in [1.29, 1.82) is 0 Å². The molecule has 0 aliphatic rings. The Labute approximate surface area is 459 Å². The monoisotopic (exact) mass is 1050 g/mol. The van der Waals surface area contributed by atoms with Gasteiger partial charge in [0.15, 0.2) is 0 Å². The molecule has 0 aliphatic carbocycles. The van der Waals surface area contributed by atoms with Gasteiger partial charge in [0, 0.05) is 21.9 Å². The van der Waals surface area contributed by atoms with Gasteiger partial charge < -0.3 is 28.4 Å². The topological polar surface area (TPSA) is 124 Å². The molecule has 0 aliphatic heterocycles. The Kier molecular flexibility index (Phi) is 13.5. The van der Waals surface area contributed by atoms with Crippen molar-refractivity contribution in [2.45, 2.75) is 0 Å². The van der Waals surface area contributed by atoms with Crippen LogP contribution in [0.2, 0.25) is 0 Å². The molecule has 0 aromatic heterocycles. The molecule has 10 heteroatoms.